The summed E-state index contributed by atoms with van der Waals surface area (Å²) < 4.78 is 13.9. The lowest BCUT2D eigenvalue weighted by molar-refractivity contribution is -0.131. The van der Waals surface area contributed by atoms with Gasteiger partial charge in [-0.15, -0.1) is 0 Å². The van der Waals surface area contributed by atoms with Crippen molar-refractivity contribution in [2.45, 2.75) is 19.4 Å². The summed E-state index contributed by atoms with van der Waals surface area (Å²) in [6, 6.07) is 3.89. The zero-order valence-electron chi connectivity index (χ0n) is 11.9. The van der Waals surface area contributed by atoms with Crippen LogP contribution < -0.4 is 0 Å². The summed E-state index contributed by atoms with van der Waals surface area (Å²) in [5.41, 5.74) is 0.272. The number of carbonyl (C=O) groups excluding carboxylic acids is 1. The number of amides is 1. The zero-order valence-corrected chi connectivity index (χ0v) is 11.9. The summed E-state index contributed by atoms with van der Waals surface area (Å²) in [6.45, 7) is 1.93. The van der Waals surface area contributed by atoms with Crippen LogP contribution in [0.5, 0.6) is 0 Å². The van der Waals surface area contributed by atoms with E-state index in [0.717, 1.165) is 12.1 Å². The predicted molar refractivity (Wildman–Crippen MR) is 76.3 cm³/mol. The Morgan fingerprint density at radius 1 is 1.43 bits per heavy atom. The van der Waals surface area contributed by atoms with Gasteiger partial charge in [0.2, 0.25) is 0 Å². The Morgan fingerprint density at radius 3 is 2.62 bits per heavy atom. The number of carboxylic acid groups (broad SMARTS) is 1. The molecule has 0 aliphatic heterocycles. The van der Waals surface area contributed by atoms with Gasteiger partial charge in [0, 0.05) is 19.7 Å². The van der Waals surface area contributed by atoms with E-state index in [-0.39, 0.29) is 5.56 Å². The summed E-state index contributed by atoms with van der Waals surface area (Å²) in [4.78, 5) is 23.8. The molecule has 1 amide bonds. The highest BCUT2D eigenvalue weighted by Crippen LogP contribution is 2.14. The number of nitrogens with zero attached hydrogens (tertiary/aromatic N) is 1. The maximum atomic E-state index is 13.9. The highest BCUT2D eigenvalue weighted by molar-refractivity contribution is 5.94. The third kappa shape index (κ3) is 5.35. The van der Waals surface area contributed by atoms with Crippen molar-refractivity contribution in [1.29, 1.82) is 0 Å². The second-order valence-corrected chi connectivity index (χ2v) is 4.78. The maximum absolute atomic E-state index is 13.9. The van der Waals surface area contributed by atoms with Crippen LogP contribution in [0.3, 0.4) is 0 Å². The number of halogens is 1. The number of aliphatic carboxylic acids is 1. The van der Waals surface area contributed by atoms with Crippen molar-refractivity contribution in [3.05, 3.63) is 41.2 Å². The summed E-state index contributed by atoms with van der Waals surface area (Å²) >= 11 is 0. The van der Waals surface area contributed by atoms with Gasteiger partial charge in [-0.05, 0) is 37.1 Å². The molecular weight excluding hydrogens is 277 g/mol. The molecule has 0 bridgehead atoms. The van der Waals surface area contributed by atoms with Gasteiger partial charge >= 0.3 is 5.97 Å². The molecule has 0 saturated carbocycles. The van der Waals surface area contributed by atoms with E-state index in [2.05, 4.69) is 0 Å². The molecule has 0 heterocycles. The first-order valence-corrected chi connectivity index (χ1v) is 6.45. The number of hydrogen-bond acceptors (Lipinski definition) is 3. The van der Waals surface area contributed by atoms with E-state index in [0.29, 0.717) is 18.5 Å². The van der Waals surface area contributed by atoms with Crippen molar-refractivity contribution in [1.82, 2.24) is 4.90 Å². The molecule has 0 saturated heterocycles. The van der Waals surface area contributed by atoms with Gasteiger partial charge in [0.05, 0.1) is 11.7 Å². The molecule has 1 unspecified atom stereocenters. The van der Waals surface area contributed by atoms with Crippen molar-refractivity contribution in [3.63, 3.8) is 0 Å². The van der Waals surface area contributed by atoms with Crippen LogP contribution in [0.2, 0.25) is 0 Å². The van der Waals surface area contributed by atoms with Gasteiger partial charge in [0.15, 0.2) is 0 Å². The normalized spacial score (nSPS) is 12.4. The molecule has 6 heteroatoms. The van der Waals surface area contributed by atoms with E-state index in [1.807, 2.05) is 0 Å². The monoisotopic (exact) mass is 295 g/mol. The Morgan fingerprint density at radius 2 is 2.10 bits per heavy atom. The van der Waals surface area contributed by atoms with Gasteiger partial charge in [-0.3, -0.25) is 4.79 Å². The van der Waals surface area contributed by atoms with E-state index in [1.165, 1.54) is 30.2 Å². The summed E-state index contributed by atoms with van der Waals surface area (Å²) in [5.74, 6) is -2.33. The fraction of sp³-hybridized carbons (Fsp3) is 0.333. The second kappa shape index (κ2) is 7.54. The largest absolute Gasteiger partial charge is 0.478 e. The average molecular weight is 295 g/mol. The van der Waals surface area contributed by atoms with Gasteiger partial charge in [0.1, 0.15) is 5.82 Å². The molecule has 0 aliphatic carbocycles. The number of carboxylic acids is 1. The Labute approximate surface area is 122 Å². The maximum Gasteiger partial charge on any atom is 0.328 e. The minimum atomic E-state index is -1.13. The first kappa shape index (κ1) is 16.8. The Bertz CT molecular complexity index is 555. The average Bonchev–Trinajstić information content (AvgIpc) is 2.41. The quantitative estimate of drug-likeness (QED) is 0.784. The van der Waals surface area contributed by atoms with Crippen LogP contribution in [0.25, 0.3) is 6.08 Å². The van der Waals surface area contributed by atoms with Crippen LogP contribution in [0.15, 0.2) is 24.3 Å². The summed E-state index contributed by atoms with van der Waals surface area (Å²) in [5, 5.41) is 17.7. The van der Waals surface area contributed by atoms with Crippen molar-refractivity contribution in [2.75, 3.05) is 13.6 Å². The third-order valence-electron chi connectivity index (χ3n) is 2.87. The van der Waals surface area contributed by atoms with Crippen LogP contribution in [-0.2, 0) is 4.79 Å². The molecule has 0 radical (unpaired) electrons. The van der Waals surface area contributed by atoms with Gasteiger partial charge in [0.25, 0.3) is 5.91 Å². The standard InChI is InChI=1S/C15H18FNO4/c1-10(18)7-8-17(2)15(21)12-5-3-11(9-13(12)16)4-6-14(19)20/h3-6,9-10,18H,7-8H2,1-2H3,(H,19,20)/b6-4+. The molecule has 0 fully saturated rings. The Kier molecular flexibility index (Phi) is 6.05. The topological polar surface area (TPSA) is 77.8 Å². The van der Waals surface area contributed by atoms with Crippen molar-refractivity contribution < 1.29 is 24.2 Å². The molecule has 1 atom stereocenters. The minimum Gasteiger partial charge on any atom is -0.478 e. The molecule has 1 aromatic rings. The molecule has 21 heavy (non-hydrogen) atoms. The summed E-state index contributed by atoms with van der Waals surface area (Å²) in [7, 11) is 1.53. The van der Waals surface area contributed by atoms with E-state index in [1.54, 1.807) is 6.92 Å². The molecule has 0 spiro atoms. The van der Waals surface area contributed by atoms with E-state index >= 15 is 0 Å². The number of rotatable bonds is 6. The lowest BCUT2D eigenvalue weighted by Gasteiger charge is -2.18. The van der Waals surface area contributed by atoms with Crippen LogP contribution in [0.1, 0.15) is 29.3 Å². The minimum absolute atomic E-state index is 0.0874. The first-order valence-electron chi connectivity index (χ1n) is 6.45. The number of aliphatic hydroxyl groups is 1. The predicted octanol–water partition coefficient (Wildman–Crippen LogP) is 1.77. The molecule has 114 valence electrons. The van der Waals surface area contributed by atoms with Crippen molar-refractivity contribution >= 4 is 18.0 Å². The van der Waals surface area contributed by atoms with E-state index < -0.39 is 23.8 Å². The van der Waals surface area contributed by atoms with Gasteiger partial charge < -0.3 is 15.1 Å². The van der Waals surface area contributed by atoms with Crippen molar-refractivity contribution in [2.24, 2.45) is 0 Å². The molecule has 2 N–H and O–H groups in total. The number of hydrogen-bond donors (Lipinski definition) is 2. The summed E-state index contributed by atoms with van der Waals surface area (Å²) in [6.07, 6.45) is 2.01. The number of benzene rings is 1. The van der Waals surface area contributed by atoms with Crippen LogP contribution in [0, 0.1) is 5.82 Å². The molecule has 0 aromatic heterocycles. The highest BCUT2D eigenvalue weighted by Gasteiger charge is 2.16. The first-order chi connectivity index (χ1) is 9.81. The fourth-order valence-corrected chi connectivity index (χ4v) is 1.66. The Hall–Kier alpha value is -2.21. The van der Waals surface area contributed by atoms with Crippen LogP contribution in [-0.4, -0.2) is 46.7 Å². The van der Waals surface area contributed by atoms with Gasteiger partial charge in [-0.2, -0.15) is 0 Å². The SMILES string of the molecule is CC(O)CCN(C)C(=O)c1ccc(/C=C/C(=O)O)cc1F. The smallest absolute Gasteiger partial charge is 0.328 e. The molecular formula is C15H18FNO4. The molecule has 0 aliphatic rings. The van der Waals surface area contributed by atoms with Gasteiger partial charge in [-0.25, -0.2) is 9.18 Å². The third-order valence-corrected chi connectivity index (χ3v) is 2.87. The number of carbonyl (C=O) groups is 2. The lowest BCUT2D eigenvalue weighted by Crippen LogP contribution is -2.30. The zero-order chi connectivity index (χ0) is 16.0. The van der Waals surface area contributed by atoms with Gasteiger partial charge in [-0.1, -0.05) is 6.07 Å². The fourth-order valence-electron chi connectivity index (χ4n) is 1.66. The van der Waals surface area contributed by atoms with Crippen LogP contribution in [0.4, 0.5) is 4.39 Å². The highest BCUT2D eigenvalue weighted by atomic mass is 19.1. The number of aliphatic hydroxyl groups excluding tert-OH is 1. The molecule has 5 nitrogen and oxygen atoms in total. The lowest BCUT2D eigenvalue weighted by atomic mass is 10.1. The molecule has 1 aromatic carbocycles. The molecule has 1 rings (SSSR count). The van der Waals surface area contributed by atoms with E-state index in [4.69, 9.17) is 5.11 Å². The van der Waals surface area contributed by atoms with Crippen LogP contribution >= 0.6 is 0 Å². The Balaban J connectivity index is 2.84. The van der Waals surface area contributed by atoms with Crippen molar-refractivity contribution in [3.8, 4) is 0 Å². The van der Waals surface area contributed by atoms with E-state index in [9.17, 15) is 19.1 Å². The second-order valence-electron chi connectivity index (χ2n) is 4.78.